The van der Waals surface area contributed by atoms with E-state index in [4.69, 9.17) is 11.6 Å². The molecule has 3 nitrogen and oxygen atoms in total. The minimum Gasteiger partial charge on any atom is -0.396 e. The van der Waals surface area contributed by atoms with Crippen molar-refractivity contribution in [2.75, 3.05) is 29.9 Å². The molecule has 0 radical (unpaired) electrons. The molecule has 3 rings (SSSR count). The molecule has 1 aromatic carbocycles. The van der Waals surface area contributed by atoms with Crippen LogP contribution in [0.15, 0.2) is 35.7 Å². The molecule has 0 amide bonds. The monoisotopic (exact) mass is 336 g/mol. The van der Waals surface area contributed by atoms with Gasteiger partial charge in [0.2, 0.25) is 0 Å². The summed E-state index contributed by atoms with van der Waals surface area (Å²) in [7, 11) is 0. The highest BCUT2D eigenvalue weighted by Gasteiger charge is 2.20. The summed E-state index contributed by atoms with van der Waals surface area (Å²) in [5.74, 6) is 0.460. The molecule has 118 valence electrons. The number of thiophene rings is 1. The van der Waals surface area contributed by atoms with Crippen LogP contribution in [-0.4, -0.2) is 24.8 Å². The van der Waals surface area contributed by atoms with E-state index in [-0.39, 0.29) is 0 Å². The largest absolute Gasteiger partial charge is 0.396 e. The third kappa shape index (κ3) is 3.57. The lowest BCUT2D eigenvalue weighted by Gasteiger charge is -2.34. The average molecular weight is 337 g/mol. The quantitative estimate of drug-likeness (QED) is 0.858. The smallest absolute Gasteiger partial charge is 0.0602 e. The first kappa shape index (κ1) is 15.7. The van der Waals surface area contributed by atoms with E-state index in [9.17, 15) is 5.11 Å². The minimum absolute atomic E-state index is 0.310. The molecular weight excluding hydrogens is 316 g/mol. The number of rotatable bonds is 5. The lowest BCUT2D eigenvalue weighted by atomic mass is 9.97. The molecule has 5 heteroatoms. The van der Waals surface area contributed by atoms with E-state index in [1.165, 1.54) is 5.69 Å². The van der Waals surface area contributed by atoms with Crippen LogP contribution in [-0.2, 0) is 6.54 Å². The van der Waals surface area contributed by atoms with Crippen LogP contribution < -0.4 is 10.2 Å². The van der Waals surface area contributed by atoms with Crippen LogP contribution in [0.3, 0.4) is 0 Å². The van der Waals surface area contributed by atoms with Crippen LogP contribution in [0.2, 0.25) is 5.02 Å². The van der Waals surface area contributed by atoms with Crippen molar-refractivity contribution in [1.29, 1.82) is 0 Å². The van der Waals surface area contributed by atoms with E-state index in [0.29, 0.717) is 12.5 Å². The number of anilines is 2. The maximum absolute atomic E-state index is 9.28. The van der Waals surface area contributed by atoms with Gasteiger partial charge in [-0.15, -0.1) is 11.3 Å². The molecule has 1 aliphatic rings. The topological polar surface area (TPSA) is 35.5 Å². The van der Waals surface area contributed by atoms with E-state index in [1.807, 2.05) is 11.4 Å². The van der Waals surface area contributed by atoms with Gasteiger partial charge in [0.1, 0.15) is 0 Å². The van der Waals surface area contributed by atoms with Crippen molar-refractivity contribution in [2.24, 2.45) is 5.92 Å². The Morgan fingerprint density at radius 1 is 1.23 bits per heavy atom. The number of hydrogen-bond donors (Lipinski definition) is 2. The molecule has 1 aliphatic heterocycles. The summed E-state index contributed by atoms with van der Waals surface area (Å²) in [5, 5.41) is 15.6. The number of halogens is 1. The Hall–Kier alpha value is -1.23. The second-order valence-corrected chi connectivity index (χ2v) is 7.08. The SMILES string of the molecule is OCC1CCN(c2ccccc2NCc2sccc2Cl)CC1. The third-order valence-corrected chi connectivity index (χ3v) is 5.64. The predicted octanol–water partition coefficient (Wildman–Crippen LogP) is 4.22. The van der Waals surface area contributed by atoms with Gasteiger partial charge in [-0.05, 0) is 42.3 Å². The zero-order chi connectivity index (χ0) is 15.4. The van der Waals surface area contributed by atoms with Crippen molar-refractivity contribution in [3.05, 3.63) is 45.6 Å². The summed E-state index contributed by atoms with van der Waals surface area (Å²) in [5.41, 5.74) is 2.39. The second kappa shape index (κ2) is 7.36. The molecule has 2 aromatic rings. The highest BCUT2D eigenvalue weighted by atomic mass is 35.5. The fourth-order valence-corrected chi connectivity index (χ4v) is 3.92. The molecule has 0 aliphatic carbocycles. The Morgan fingerprint density at radius 2 is 2.00 bits per heavy atom. The third-order valence-electron chi connectivity index (χ3n) is 4.25. The van der Waals surface area contributed by atoms with Crippen LogP contribution in [0, 0.1) is 5.92 Å². The van der Waals surface area contributed by atoms with Crippen molar-refractivity contribution in [1.82, 2.24) is 0 Å². The molecule has 2 heterocycles. The van der Waals surface area contributed by atoms with Gasteiger partial charge in [-0.3, -0.25) is 0 Å². The van der Waals surface area contributed by atoms with Crippen molar-refractivity contribution in [2.45, 2.75) is 19.4 Å². The van der Waals surface area contributed by atoms with Crippen molar-refractivity contribution >= 4 is 34.3 Å². The summed E-state index contributed by atoms with van der Waals surface area (Å²) < 4.78 is 0. The van der Waals surface area contributed by atoms with Crippen molar-refractivity contribution in [3.8, 4) is 0 Å². The maximum atomic E-state index is 9.28. The van der Waals surface area contributed by atoms with Gasteiger partial charge in [-0.1, -0.05) is 23.7 Å². The van der Waals surface area contributed by atoms with Gasteiger partial charge in [-0.25, -0.2) is 0 Å². The first-order valence-electron chi connectivity index (χ1n) is 7.68. The Labute approximate surface area is 140 Å². The van der Waals surface area contributed by atoms with Crippen LogP contribution in [0.4, 0.5) is 11.4 Å². The van der Waals surface area contributed by atoms with Gasteiger partial charge in [0.05, 0.1) is 22.9 Å². The summed E-state index contributed by atoms with van der Waals surface area (Å²) in [4.78, 5) is 3.57. The molecule has 1 saturated heterocycles. The van der Waals surface area contributed by atoms with E-state index in [2.05, 4.69) is 34.5 Å². The second-order valence-electron chi connectivity index (χ2n) is 5.68. The Balaban J connectivity index is 1.69. The summed E-state index contributed by atoms with van der Waals surface area (Å²) in [6.07, 6.45) is 2.11. The molecule has 2 N–H and O–H groups in total. The molecule has 22 heavy (non-hydrogen) atoms. The number of aliphatic hydroxyl groups excluding tert-OH is 1. The summed E-state index contributed by atoms with van der Waals surface area (Å²) >= 11 is 7.84. The van der Waals surface area contributed by atoms with Gasteiger partial charge >= 0.3 is 0 Å². The molecule has 1 aromatic heterocycles. The Bertz CT molecular complexity index is 608. The van der Waals surface area contributed by atoms with Gasteiger partial charge in [0.25, 0.3) is 0 Å². The van der Waals surface area contributed by atoms with Gasteiger partial charge in [0, 0.05) is 24.6 Å². The molecule has 1 fully saturated rings. The zero-order valence-corrected chi connectivity index (χ0v) is 14.0. The number of aliphatic hydroxyl groups is 1. The number of piperidine rings is 1. The van der Waals surface area contributed by atoms with E-state index in [1.54, 1.807) is 11.3 Å². The predicted molar refractivity (Wildman–Crippen MR) is 95.1 cm³/mol. The number of nitrogens with zero attached hydrogens (tertiary/aromatic N) is 1. The van der Waals surface area contributed by atoms with Gasteiger partial charge in [0.15, 0.2) is 0 Å². The average Bonchev–Trinajstić information content (AvgIpc) is 2.98. The number of benzene rings is 1. The van der Waals surface area contributed by atoms with E-state index >= 15 is 0 Å². The highest BCUT2D eigenvalue weighted by molar-refractivity contribution is 7.10. The normalized spacial score (nSPS) is 16.0. The molecule has 0 spiro atoms. The lowest BCUT2D eigenvalue weighted by Crippen LogP contribution is -2.35. The molecule has 0 unspecified atom stereocenters. The van der Waals surface area contributed by atoms with E-state index < -0.39 is 0 Å². The number of nitrogens with one attached hydrogen (secondary N) is 1. The summed E-state index contributed by atoms with van der Waals surface area (Å²) in [6, 6.07) is 10.4. The highest BCUT2D eigenvalue weighted by Crippen LogP contribution is 2.31. The van der Waals surface area contributed by atoms with Crippen LogP contribution >= 0.6 is 22.9 Å². The summed E-state index contributed by atoms with van der Waals surface area (Å²) in [6.45, 7) is 3.07. The van der Waals surface area contributed by atoms with Crippen LogP contribution in [0.5, 0.6) is 0 Å². The maximum Gasteiger partial charge on any atom is 0.0602 e. The Kier molecular flexibility index (Phi) is 5.24. The van der Waals surface area contributed by atoms with Gasteiger partial charge in [-0.2, -0.15) is 0 Å². The lowest BCUT2D eigenvalue weighted by molar-refractivity contribution is 0.203. The van der Waals surface area contributed by atoms with Crippen molar-refractivity contribution < 1.29 is 5.11 Å². The first-order valence-corrected chi connectivity index (χ1v) is 8.94. The van der Waals surface area contributed by atoms with Crippen molar-refractivity contribution in [3.63, 3.8) is 0 Å². The van der Waals surface area contributed by atoms with Gasteiger partial charge < -0.3 is 15.3 Å². The fourth-order valence-electron chi connectivity index (χ4n) is 2.88. The standard InChI is InChI=1S/C17H21ClN2OS/c18-14-7-10-22-17(14)11-19-15-3-1-2-4-16(15)20-8-5-13(12-21)6-9-20/h1-4,7,10,13,19,21H,5-6,8-9,11-12H2. The molecule has 0 saturated carbocycles. The van der Waals surface area contributed by atoms with E-state index in [0.717, 1.165) is 48.1 Å². The first-order chi connectivity index (χ1) is 10.8. The molecular formula is C17H21ClN2OS. The number of hydrogen-bond acceptors (Lipinski definition) is 4. The van der Waals surface area contributed by atoms with Crippen LogP contribution in [0.1, 0.15) is 17.7 Å². The van der Waals surface area contributed by atoms with Crippen LogP contribution in [0.25, 0.3) is 0 Å². The molecule has 0 atom stereocenters. The minimum atomic E-state index is 0.310. The molecule has 0 bridgehead atoms. The number of para-hydroxylation sites is 2. The fraction of sp³-hybridized carbons (Fsp3) is 0.412. The zero-order valence-electron chi connectivity index (χ0n) is 12.5. The Morgan fingerprint density at radius 3 is 2.68 bits per heavy atom.